The molecule has 0 aliphatic heterocycles. The Labute approximate surface area is 106 Å². The van der Waals surface area contributed by atoms with E-state index in [4.69, 9.17) is 0 Å². The van der Waals surface area contributed by atoms with E-state index >= 15 is 0 Å². The highest BCUT2D eigenvalue weighted by Gasteiger charge is 2.22. The first-order valence-corrected chi connectivity index (χ1v) is 8.47. The van der Waals surface area contributed by atoms with Crippen molar-refractivity contribution in [2.45, 2.75) is 51.9 Å². The molecule has 1 aliphatic rings. The second-order valence-electron chi connectivity index (χ2n) is 5.10. The predicted octanol–water partition coefficient (Wildman–Crippen LogP) is 3.94. The van der Waals surface area contributed by atoms with Crippen molar-refractivity contribution in [3.05, 3.63) is 0 Å². The molecule has 0 bridgehead atoms. The maximum atomic E-state index is 3.56. The standard InChI is InChI=1S/C14H29NS/c1-3-15-12-14-9-6-4-5-8-13(14)10-7-11-16-2/h13-15H,3-12H2,1-2H3. The third-order valence-electron chi connectivity index (χ3n) is 3.90. The third kappa shape index (κ3) is 5.58. The van der Waals surface area contributed by atoms with Crippen LogP contribution < -0.4 is 5.32 Å². The molecule has 0 aromatic heterocycles. The minimum Gasteiger partial charge on any atom is -0.317 e. The van der Waals surface area contributed by atoms with E-state index < -0.39 is 0 Å². The Kier molecular flexibility index (Phi) is 8.40. The summed E-state index contributed by atoms with van der Waals surface area (Å²) >= 11 is 2.00. The lowest BCUT2D eigenvalue weighted by molar-refractivity contribution is 0.283. The molecule has 2 unspecified atom stereocenters. The molecule has 16 heavy (non-hydrogen) atoms. The van der Waals surface area contributed by atoms with Gasteiger partial charge in [-0.05, 0) is 56.2 Å². The molecular formula is C14H29NS. The van der Waals surface area contributed by atoms with Gasteiger partial charge in [0.05, 0.1) is 0 Å². The Morgan fingerprint density at radius 3 is 2.56 bits per heavy atom. The van der Waals surface area contributed by atoms with Gasteiger partial charge in [0.25, 0.3) is 0 Å². The first-order valence-electron chi connectivity index (χ1n) is 7.08. The monoisotopic (exact) mass is 243 g/mol. The Morgan fingerprint density at radius 2 is 1.88 bits per heavy atom. The molecule has 1 rings (SSSR count). The molecule has 1 fully saturated rings. The molecule has 0 spiro atoms. The quantitative estimate of drug-likeness (QED) is 0.537. The van der Waals surface area contributed by atoms with E-state index in [-0.39, 0.29) is 0 Å². The SMILES string of the molecule is CCNCC1CCCCCC1CCCSC. The fourth-order valence-corrected chi connectivity index (χ4v) is 3.38. The average molecular weight is 243 g/mol. The van der Waals surface area contributed by atoms with Gasteiger partial charge in [0.1, 0.15) is 0 Å². The summed E-state index contributed by atoms with van der Waals surface area (Å²) in [5.74, 6) is 3.32. The summed E-state index contributed by atoms with van der Waals surface area (Å²) < 4.78 is 0. The van der Waals surface area contributed by atoms with Crippen molar-refractivity contribution in [2.75, 3.05) is 25.1 Å². The number of rotatable bonds is 7. The van der Waals surface area contributed by atoms with E-state index in [0.29, 0.717) is 0 Å². The second-order valence-corrected chi connectivity index (χ2v) is 6.09. The van der Waals surface area contributed by atoms with Gasteiger partial charge in [0.2, 0.25) is 0 Å². The summed E-state index contributed by atoms with van der Waals surface area (Å²) in [5, 5.41) is 3.56. The van der Waals surface area contributed by atoms with Crippen LogP contribution in [0.3, 0.4) is 0 Å². The topological polar surface area (TPSA) is 12.0 Å². The van der Waals surface area contributed by atoms with Crippen LogP contribution in [-0.4, -0.2) is 25.1 Å². The highest BCUT2D eigenvalue weighted by atomic mass is 32.2. The van der Waals surface area contributed by atoms with Crippen molar-refractivity contribution < 1.29 is 0 Å². The van der Waals surface area contributed by atoms with E-state index in [1.54, 1.807) is 0 Å². The van der Waals surface area contributed by atoms with Crippen molar-refractivity contribution in [3.8, 4) is 0 Å². The van der Waals surface area contributed by atoms with Crippen LogP contribution in [0.15, 0.2) is 0 Å². The summed E-state index contributed by atoms with van der Waals surface area (Å²) in [5.41, 5.74) is 0. The van der Waals surface area contributed by atoms with Crippen molar-refractivity contribution in [1.82, 2.24) is 5.32 Å². The Balaban J connectivity index is 2.32. The van der Waals surface area contributed by atoms with Gasteiger partial charge in [-0.2, -0.15) is 11.8 Å². The highest BCUT2D eigenvalue weighted by molar-refractivity contribution is 7.98. The van der Waals surface area contributed by atoms with Crippen molar-refractivity contribution >= 4 is 11.8 Å². The molecule has 0 saturated heterocycles. The zero-order valence-corrected chi connectivity index (χ0v) is 12.0. The summed E-state index contributed by atoms with van der Waals surface area (Å²) in [4.78, 5) is 0. The van der Waals surface area contributed by atoms with E-state index in [1.807, 2.05) is 11.8 Å². The summed E-state index contributed by atoms with van der Waals surface area (Å²) in [7, 11) is 0. The number of hydrogen-bond acceptors (Lipinski definition) is 2. The molecule has 0 heterocycles. The molecule has 1 saturated carbocycles. The van der Waals surface area contributed by atoms with E-state index in [1.165, 1.54) is 57.2 Å². The fourth-order valence-electron chi connectivity index (χ4n) is 2.93. The first kappa shape index (κ1) is 14.4. The van der Waals surface area contributed by atoms with Gasteiger partial charge in [-0.3, -0.25) is 0 Å². The van der Waals surface area contributed by atoms with Crippen LogP contribution in [0.4, 0.5) is 0 Å². The van der Waals surface area contributed by atoms with Crippen LogP contribution in [0.25, 0.3) is 0 Å². The molecule has 1 aliphatic carbocycles. The van der Waals surface area contributed by atoms with Crippen molar-refractivity contribution in [2.24, 2.45) is 11.8 Å². The van der Waals surface area contributed by atoms with E-state index in [9.17, 15) is 0 Å². The lowest BCUT2D eigenvalue weighted by Crippen LogP contribution is -2.27. The molecular weight excluding hydrogens is 214 g/mol. The van der Waals surface area contributed by atoms with Crippen LogP contribution in [-0.2, 0) is 0 Å². The summed E-state index contributed by atoms with van der Waals surface area (Å²) in [6, 6.07) is 0. The van der Waals surface area contributed by atoms with Crippen molar-refractivity contribution in [3.63, 3.8) is 0 Å². The van der Waals surface area contributed by atoms with Crippen LogP contribution in [0.1, 0.15) is 51.9 Å². The van der Waals surface area contributed by atoms with E-state index in [0.717, 1.165) is 18.4 Å². The summed E-state index contributed by atoms with van der Waals surface area (Å²) in [6.45, 7) is 4.62. The normalized spacial score (nSPS) is 26.6. The average Bonchev–Trinajstić information content (AvgIpc) is 2.52. The van der Waals surface area contributed by atoms with Crippen LogP contribution in [0.5, 0.6) is 0 Å². The Bertz CT molecular complexity index is 161. The molecule has 1 N–H and O–H groups in total. The zero-order chi connectivity index (χ0) is 11.6. The second kappa shape index (κ2) is 9.35. The van der Waals surface area contributed by atoms with Gasteiger partial charge in [-0.1, -0.05) is 32.6 Å². The van der Waals surface area contributed by atoms with Gasteiger partial charge >= 0.3 is 0 Å². The maximum absolute atomic E-state index is 3.56. The molecule has 0 aromatic carbocycles. The number of hydrogen-bond donors (Lipinski definition) is 1. The Hall–Kier alpha value is 0.310. The molecule has 96 valence electrons. The van der Waals surface area contributed by atoms with Gasteiger partial charge in [0.15, 0.2) is 0 Å². The summed E-state index contributed by atoms with van der Waals surface area (Å²) in [6.07, 6.45) is 12.5. The van der Waals surface area contributed by atoms with Crippen molar-refractivity contribution in [1.29, 1.82) is 0 Å². The van der Waals surface area contributed by atoms with Crippen LogP contribution >= 0.6 is 11.8 Å². The molecule has 0 radical (unpaired) electrons. The zero-order valence-electron chi connectivity index (χ0n) is 11.1. The fraction of sp³-hybridized carbons (Fsp3) is 1.00. The predicted molar refractivity (Wildman–Crippen MR) is 76.2 cm³/mol. The van der Waals surface area contributed by atoms with Gasteiger partial charge in [0, 0.05) is 0 Å². The molecule has 0 aromatic rings. The third-order valence-corrected chi connectivity index (χ3v) is 4.59. The lowest BCUT2D eigenvalue weighted by atomic mass is 9.84. The minimum absolute atomic E-state index is 0.962. The highest BCUT2D eigenvalue weighted by Crippen LogP contribution is 2.31. The molecule has 2 atom stereocenters. The maximum Gasteiger partial charge on any atom is -0.00180 e. The largest absolute Gasteiger partial charge is 0.317 e. The first-order chi connectivity index (χ1) is 7.88. The van der Waals surface area contributed by atoms with Gasteiger partial charge in [-0.25, -0.2) is 0 Å². The molecule has 0 amide bonds. The van der Waals surface area contributed by atoms with E-state index in [2.05, 4.69) is 18.5 Å². The van der Waals surface area contributed by atoms with Crippen LogP contribution in [0.2, 0.25) is 0 Å². The minimum atomic E-state index is 0.962. The lowest BCUT2D eigenvalue weighted by Gasteiger charge is -2.25. The molecule has 2 heteroatoms. The molecule has 1 nitrogen and oxygen atoms in total. The van der Waals surface area contributed by atoms with Gasteiger partial charge < -0.3 is 5.32 Å². The Morgan fingerprint density at radius 1 is 1.12 bits per heavy atom. The van der Waals surface area contributed by atoms with Gasteiger partial charge in [-0.15, -0.1) is 0 Å². The smallest absolute Gasteiger partial charge is 0.00180 e. The number of nitrogens with one attached hydrogen (secondary N) is 1. The van der Waals surface area contributed by atoms with Crippen LogP contribution in [0, 0.1) is 11.8 Å². The number of thioether (sulfide) groups is 1.